The van der Waals surface area contributed by atoms with E-state index in [4.69, 9.17) is 10.00 Å². The Labute approximate surface area is 105 Å². The average Bonchev–Trinajstić information content (AvgIpc) is 2.56. The summed E-state index contributed by atoms with van der Waals surface area (Å²) in [7, 11) is 1.84. The summed E-state index contributed by atoms with van der Waals surface area (Å²) in [5, 5.41) is 13.3. The van der Waals surface area contributed by atoms with E-state index in [0.29, 0.717) is 17.1 Å². The largest absolute Gasteiger partial charge is 0.434 e. The Balaban J connectivity index is 2.46. The molecule has 0 aromatic carbocycles. The molecule has 0 bridgehead atoms. The standard InChI is InChI=1S/C12H13N5O/c1-7-11(8(2)17(4)16-7)18-12-10(5-13)6-14-9(3)15-12/h6H,1-4H3. The van der Waals surface area contributed by atoms with E-state index in [2.05, 4.69) is 15.1 Å². The number of aromatic nitrogens is 4. The Morgan fingerprint density at radius 1 is 1.33 bits per heavy atom. The van der Waals surface area contributed by atoms with Gasteiger partial charge in [-0.15, -0.1) is 0 Å². The van der Waals surface area contributed by atoms with Crippen molar-refractivity contribution in [1.82, 2.24) is 19.7 Å². The maximum atomic E-state index is 9.00. The van der Waals surface area contributed by atoms with E-state index in [-0.39, 0.29) is 5.88 Å². The number of rotatable bonds is 2. The van der Waals surface area contributed by atoms with E-state index in [1.54, 1.807) is 11.6 Å². The summed E-state index contributed by atoms with van der Waals surface area (Å²) in [4.78, 5) is 8.11. The lowest BCUT2D eigenvalue weighted by Gasteiger charge is -2.06. The molecule has 0 unspecified atom stereocenters. The summed E-state index contributed by atoms with van der Waals surface area (Å²) < 4.78 is 7.43. The normalized spacial score (nSPS) is 10.2. The highest BCUT2D eigenvalue weighted by molar-refractivity contribution is 5.41. The predicted octanol–water partition coefficient (Wildman–Crippen LogP) is 1.80. The fraction of sp³-hybridized carbons (Fsp3) is 0.333. The van der Waals surface area contributed by atoms with Gasteiger partial charge in [0.2, 0.25) is 5.88 Å². The van der Waals surface area contributed by atoms with Crippen LogP contribution in [0.3, 0.4) is 0 Å². The molecular weight excluding hydrogens is 230 g/mol. The Bertz CT molecular complexity index is 639. The molecule has 0 aliphatic heterocycles. The second-order valence-corrected chi connectivity index (χ2v) is 3.97. The summed E-state index contributed by atoms with van der Waals surface area (Å²) in [5.74, 6) is 1.46. The third kappa shape index (κ3) is 2.02. The lowest BCUT2D eigenvalue weighted by molar-refractivity contribution is 0.450. The molecule has 2 heterocycles. The van der Waals surface area contributed by atoms with Crippen molar-refractivity contribution in [3.8, 4) is 17.7 Å². The number of nitriles is 1. The third-order valence-corrected chi connectivity index (χ3v) is 2.64. The van der Waals surface area contributed by atoms with Gasteiger partial charge in [0.15, 0.2) is 5.75 Å². The minimum atomic E-state index is 0.268. The third-order valence-electron chi connectivity index (χ3n) is 2.64. The first kappa shape index (κ1) is 12.0. The first-order valence-electron chi connectivity index (χ1n) is 5.44. The van der Waals surface area contributed by atoms with Crippen LogP contribution in [0.1, 0.15) is 22.8 Å². The second-order valence-electron chi connectivity index (χ2n) is 3.97. The van der Waals surface area contributed by atoms with Gasteiger partial charge in [-0.05, 0) is 20.8 Å². The van der Waals surface area contributed by atoms with E-state index >= 15 is 0 Å². The number of nitrogens with zero attached hydrogens (tertiary/aromatic N) is 5. The molecule has 0 saturated carbocycles. The molecule has 2 rings (SSSR count). The van der Waals surface area contributed by atoms with Crippen LogP contribution in [0.5, 0.6) is 11.6 Å². The maximum absolute atomic E-state index is 9.00. The quantitative estimate of drug-likeness (QED) is 0.803. The average molecular weight is 243 g/mol. The zero-order chi connectivity index (χ0) is 13.3. The zero-order valence-corrected chi connectivity index (χ0v) is 10.7. The molecule has 0 fully saturated rings. The van der Waals surface area contributed by atoms with E-state index in [1.807, 2.05) is 27.0 Å². The van der Waals surface area contributed by atoms with Crippen molar-refractivity contribution in [2.75, 3.05) is 0 Å². The molecule has 2 aromatic heterocycles. The first-order valence-corrected chi connectivity index (χ1v) is 5.44. The van der Waals surface area contributed by atoms with Crippen molar-refractivity contribution in [1.29, 1.82) is 5.26 Å². The van der Waals surface area contributed by atoms with Crippen molar-refractivity contribution >= 4 is 0 Å². The van der Waals surface area contributed by atoms with Gasteiger partial charge < -0.3 is 4.74 Å². The Kier molecular flexibility index (Phi) is 2.98. The molecule has 6 nitrogen and oxygen atoms in total. The number of hydrogen-bond donors (Lipinski definition) is 0. The lowest BCUT2D eigenvalue weighted by atomic mass is 10.3. The van der Waals surface area contributed by atoms with Crippen molar-refractivity contribution in [2.45, 2.75) is 20.8 Å². The molecule has 2 aromatic rings. The maximum Gasteiger partial charge on any atom is 0.240 e. The van der Waals surface area contributed by atoms with Gasteiger partial charge in [-0.1, -0.05) is 0 Å². The van der Waals surface area contributed by atoms with Crippen LogP contribution in [0, 0.1) is 32.1 Å². The van der Waals surface area contributed by atoms with Gasteiger partial charge in [0.25, 0.3) is 0 Å². The zero-order valence-electron chi connectivity index (χ0n) is 10.7. The van der Waals surface area contributed by atoms with Crippen LogP contribution in [-0.2, 0) is 7.05 Å². The van der Waals surface area contributed by atoms with Crippen LogP contribution in [-0.4, -0.2) is 19.7 Å². The second kappa shape index (κ2) is 4.45. The van der Waals surface area contributed by atoms with Gasteiger partial charge in [0.05, 0.1) is 11.9 Å². The monoisotopic (exact) mass is 243 g/mol. The summed E-state index contributed by atoms with van der Waals surface area (Å²) in [6.07, 6.45) is 1.46. The smallest absolute Gasteiger partial charge is 0.240 e. The van der Waals surface area contributed by atoms with Crippen LogP contribution in [0.4, 0.5) is 0 Å². The number of hydrogen-bond acceptors (Lipinski definition) is 5. The minimum absolute atomic E-state index is 0.268. The Morgan fingerprint density at radius 2 is 2.06 bits per heavy atom. The molecule has 0 atom stereocenters. The van der Waals surface area contributed by atoms with Crippen LogP contribution in [0.25, 0.3) is 0 Å². The van der Waals surface area contributed by atoms with Gasteiger partial charge in [0.1, 0.15) is 23.2 Å². The minimum Gasteiger partial charge on any atom is -0.434 e. The van der Waals surface area contributed by atoms with Gasteiger partial charge in [-0.3, -0.25) is 4.68 Å². The Morgan fingerprint density at radius 3 is 2.61 bits per heavy atom. The molecule has 0 aliphatic rings. The van der Waals surface area contributed by atoms with E-state index in [0.717, 1.165) is 11.4 Å². The number of aryl methyl sites for hydroxylation is 3. The van der Waals surface area contributed by atoms with Gasteiger partial charge in [-0.2, -0.15) is 15.3 Å². The molecule has 18 heavy (non-hydrogen) atoms. The first-order chi connectivity index (χ1) is 8.52. The number of ether oxygens (including phenoxy) is 1. The molecule has 0 saturated heterocycles. The topological polar surface area (TPSA) is 76.6 Å². The fourth-order valence-electron chi connectivity index (χ4n) is 1.60. The summed E-state index contributed by atoms with van der Waals surface area (Å²) in [5.41, 5.74) is 1.95. The highest BCUT2D eigenvalue weighted by Crippen LogP contribution is 2.28. The highest BCUT2D eigenvalue weighted by atomic mass is 16.5. The lowest BCUT2D eigenvalue weighted by Crippen LogP contribution is -1.98. The van der Waals surface area contributed by atoms with Crippen molar-refractivity contribution < 1.29 is 4.74 Å². The van der Waals surface area contributed by atoms with E-state index < -0.39 is 0 Å². The van der Waals surface area contributed by atoms with Crippen molar-refractivity contribution in [3.05, 3.63) is 29.0 Å². The van der Waals surface area contributed by atoms with Gasteiger partial charge >= 0.3 is 0 Å². The Hall–Kier alpha value is -2.42. The SMILES string of the molecule is Cc1ncc(C#N)c(Oc2c(C)nn(C)c2C)n1. The highest BCUT2D eigenvalue weighted by Gasteiger charge is 2.15. The van der Waals surface area contributed by atoms with Crippen LogP contribution in [0.2, 0.25) is 0 Å². The molecular formula is C12H13N5O. The van der Waals surface area contributed by atoms with E-state index in [9.17, 15) is 0 Å². The van der Waals surface area contributed by atoms with Crippen LogP contribution in [0.15, 0.2) is 6.20 Å². The molecule has 0 aliphatic carbocycles. The van der Waals surface area contributed by atoms with Crippen LogP contribution < -0.4 is 4.74 Å². The summed E-state index contributed by atoms with van der Waals surface area (Å²) in [6.45, 7) is 5.49. The fourth-order valence-corrected chi connectivity index (χ4v) is 1.60. The molecule has 92 valence electrons. The summed E-state index contributed by atoms with van der Waals surface area (Å²) in [6, 6.07) is 2.01. The van der Waals surface area contributed by atoms with Crippen molar-refractivity contribution in [3.63, 3.8) is 0 Å². The predicted molar refractivity (Wildman–Crippen MR) is 64.2 cm³/mol. The van der Waals surface area contributed by atoms with E-state index in [1.165, 1.54) is 6.20 Å². The molecule has 6 heteroatoms. The van der Waals surface area contributed by atoms with Gasteiger partial charge in [-0.25, -0.2) is 4.98 Å². The molecule has 0 amide bonds. The van der Waals surface area contributed by atoms with Gasteiger partial charge in [0, 0.05) is 7.05 Å². The molecule has 0 spiro atoms. The summed E-state index contributed by atoms with van der Waals surface area (Å²) >= 11 is 0. The molecule has 0 radical (unpaired) electrons. The van der Waals surface area contributed by atoms with Crippen molar-refractivity contribution in [2.24, 2.45) is 7.05 Å². The van der Waals surface area contributed by atoms with Crippen LogP contribution >= 0.6 is 0 Å². The molecule has 0 N–H and O–H groups in total.